The smallest absolute Gasteiger partial charge is 0.320 e. The number of carboxylic acid groups (broad SMARTS) is 1. The minimum Gasteiger partial charge on any atom is -0.481 e. The number of rotatable bonds is 5. The number of aliphatic carboxylic acids is 1. The quantitative estimate of drug-likeness (QED) is 0.735. The molecule has 0 aromatic heterocycles. The number of carboxylic acids is 1. The van der Waals surface area contributed by atoms with Gasteiger partial charge < -0.3 is 24.7 Å². The summed E-state index contributed by atoms with van der Waals surface area (Å²) in [5.74, 6) is -0.935. The number of ether oxygens (including phenoxy) is 1. The Balaban J connectivity index is 2.61. The van der Waals surface area contributed by atoms with Crippen molar-refractivity contribution in [1.82, 2.24) is 9.80 Å². The zero-order chi connectivity index (χ0) is 14.4. The Labute approximate surface area is 112 Å². The maximum atomic E-state index is 12.3. The molecule has 0 aliphatic carbocycles. The molecule has 0 aromatic carbocycles. The predicted octanol–water partition coefficient (Wildman–Crippen LogP) is -0.0154. The van der Waals surface area contributed by atoms with Crippen LogP contribution >= 0.6 is 0 Å². The highest BCUT2D eigenvalue weighted by Gasteiger charge is 2.29. The second-order valence-electron chi connectivity index (χ2n) is 4.83. The number of carbonyl (C=O) groups is 2. The summed E-state index contributed by atoms with van der Waals surface area (Å²) in [6, 6.07) is -0.192. The van der Waals surface area contributed by atoms with E-state index in [0.717, 1.165) is 0 Å². The highest BCUT2D eigenvalue weighted by atomic mass is 16.5. The molecular weight excluding hydrogens is 252 g/mol. The lowest BCUT2D eigenvalue weighted by Crippen LogP contribution is -2.53. The molecule has 110 valence electrons. The molecule has 0 bridgehead atoms. The van der Waals surface area contributed by atoms with Gasteiger partial charge >= 0.3 is 12.0 Å². The SMILES string of the molecule is CC(C)N(CCO)C(=O)N1CCOC(CC(=O)O)C1. The van der Waals surface area contributed by atoms with Gasteiger partial charge in [0.1, 0.15) is 0 Å². The summed E-state index contributed by atoms with van der Waals surface area (Å²) in [5.41, 5.74) is 0. The second kappa shape index (κ2) is 7.30. The normalized spacial score (nSPS) is 19.6. The van der Waals surface area contributed by atoms with Crippen molar-refractivity contribution in [2.75, 3.05) is 32.8 Å². The van der Waals surface area contributed by atoms with Crippen molar-refractivity contribution in [1.29, 1.82) is 0 Å². The van der Waals surface area contributed by atoms with Crippen LogP contribution in [0.5, 0.6) is 0 Å². The Bertz CT molecular complexity index is 321. The van der Waals surface area contributed by atoms with Crippen molar-refractivity contribution in [2.45, 2.75) is 32.4 Å². The van der Waals surface area contributed by atoms with Crippen molar-refractivity contribution < 1.29 is 24.5 Å². The van der Waals surface area contributed by atoms with Crippen LogP contribution in [0.2, 0.25) is 0 Å². The van der Waals surface area contributed by atoms with Gasteiger partial charge in [0.05, 0.1) is 25.7 Å². The van der Waals surface area contributed by atoms with Crippen LogP contribution in [0.3, 0.4) is 0 Å². The third kappa shape index (κ3) is 4.68. The van der Waals surface area contributed by atoms with E-state index in [4.69, 9.17) is 14.9 Å². The van der Waals surface area contributed by atoms with Gasteiger partial charge in [-0.2, -0.15) is 0 Å². The van der Waals surface area contributed by atoms with E-state index in [9.17, 15) is 9.59 Å². The molecule has 7 nitrogen and oxygen atoms in total. The average Bonchev–Trinajstić information content (AvgIpc) is 2.34. The van der Waals surface area contributed by atoms with E-state index in [1.807, 2.05) is 13.8 Å². The van der Waals surface area contributed by atoms with Gasteiger partial charge in [0.25, 0.3) is 0 Å². The molecule has 1 saturated heterocycles. The third-order valence-electron chi connectivity index (χ3n) is 3.02. The Hall–Kier alpha value is -1.34. The molecule has 1 fully saturated rings. The topological polar surface area (TPSA) is 90.3 Å². The van der Waals surface area contributed by atoms with Gasteiger partial charge in [0, 0.05) is 25.7 Å². The molecule has 7 heteroatoms. The second-order valence-corrected chi connectivity index (χ2v) is 4.83. The lowest BCUT2D eigenvalue weighted by atomic mass is 10.2. The van der Waals surface area contributed by atoms with Crippen LogP contribution in [0.25, 0.3) is 0 Å². The van der Waals surface area contributed by atoms with Gasteiger partial charge in [0.15, 0.2) is 0 Å². The first-order valence-corrected chi connectivity index (χ1v) is 6.45. The Morgan fingerprint density at radius 1 is 1.47 bits per heavy atom. The molecule has 2 N–H and O–H groups in total. The first kappa shape index (κ1) is 15.7. The highest BCUT2D eigenvalue weighted by Crippen LogP contribution is 2.12. The first-order chi connectivity index (χ1) is 8.95. The van der Waals surface area contributed by atoms with E-state index in [1.54, 1.807) is 9.80 Å². The number of aliphatic hydroxyl groups excluding tert-OH is 1. The number of urea groups is 1. The Morgan fingerprint density at radius 3 is 2.68 bits per heavy atom. The highest BCUT2D eigenvalue weighted by molar-refractivity contribution is 5.75. The van der Waals surface area contributed by atoms with Crippen LogP contribution in [-0.2, 0) is 9.53 Å². The van der Waals surface area contributed by atoms with E-state index in [-0.39, 0.29) is 38.2 Å². The zero-order valence-electron chi connectivity index (χ0n) is 11.4. The van der Waals surface area contributed by atoms with Gasteiger partial charge in [-0.1, -0.05) is 0 Å². The number of nitrogens with zero attached hydrogens (tertiary/aromatic N) is 2. The molecule has 1 heterocycles. The molecule has 2 amide bonds. The summed E-state index contributed by atoms with van der Waals surface area (Å²) in [5, 5.41) is 17.7. The van der Waals surface area contributed by atoms with Crippen molar-refractivity contribution in [3.63, 3.8) is 0 Å². The van der Waals surface area contributed by atoms with E-state index in [0.29, 0.717) is 13.2 Å². The molecule has 0 aromatic rings. The van der Waals surface area contributed by atoms with Crippen LogP contribution in [0.15, 0.2) is 0 Å². The molecule has 1 atom stereocenters. The summed E-state index contributed by atoms with van der Waals surface area (Å²) < 4.78 is 5.33. The maximum Gasteiger partial charge on any atom is 0.320 e. The van der Waals surface area contributed by atoms with Crippen molar-refractivity contribution in [3.8, 4) is 0 Å². The van der Waals surface area contributed by atoms with Gasteiger partial charge in [-0.3, -0.25) is 4.79 Å². The molecule has 1 aliphatic rings. The molecule has 0 radical (unpaired) electrons. The van der Waals surface area contributed by atoms with Gasteiger partial charge in [-0.15, -0.1) is 0 Å². The third-order valence-corrected chi connectivity index (χ3v) is 3.02. The first-order valence-electron chi connectivity index (χ1n) is 6.45. The van der Waals surface area contributed by atoms with Crippen LogP contribution < -0.4 is 0 Å². The number of hydrogen-bond donors (Lipinski definition) is 2. The summed E-state index contributed by atoms with van der Waals surface area (Å²) in [6.45, 7) is 5.01. The number of hydrogen-bond acceptors (Lipinski definition) is 4. The molecule has 1 unspecified atom stereocenters. The average molecular weight is 274 g/mol. The molecule has 0 spiro atoms. The Morgan fingerprint density at radius 2 is 2.16 bits per heavy atom. The molecule has 1 rings (SSSR count). The van der Waals surface area contributed by atoms with E-state index in [1.165, 1.54) is 0 Å². The monoisotopic (exact) mass is 274 g/mol. The summed E-state index contributed by atoms with van der Waals surface area (Å²) >= 11 is 0. The Kier molecular flexibility index (Phi) is 6.04. The summed E-state index contributed by atoms with van der Waals surface area (Å²) in [4.78, 5) is 26.1. The maximum absolute atomic E-state index is 12.3. The van der Waals surface area contributed by atoms with Gasteiger partial charge in [-0.25, -0.2) is 4.79 Å². The molecular formula is C12H22N2O5. The van der Waals surface area contributed by atoms with Crippen LogP contribution in [0.1, 0.15) is 20.3 Å². The molecule has 0 saturated carbocycles. The fraction of sp³-hybridized carbons (Fsp3) is 0.833. The fourth-order valence-electron chi connectivity index (χ4n) is 2.08. The number of amides is 2. The van der Waals surface area contributed by atoms with E-state index in [2.05, 4.69) is 0 Å². The van der Waals surface area contributed by atoms with Crippen molar-refractivity contribution in [3.05, 3.63) is 0 Å². The van der Waals surface area contributed by atoms with Crippen LogP contribution in [0, 0.1) is 0 Å². The van der Waals surface area contributed by atoms with Gasteiger partial charge in [-0.05, 0) is 13.8 Å². The largest absolute Gasteiger partial charge is 0.481 e. The standard InChI is InChI=1S/C12H22N2O5/c1-9(2)14(3-5-15)12(18)13-4-6-19-10(8-13)7-11(16)17/h9-10,15H,3-8H2,1-2H3,(H,16,17). The molecule has 1 aliphatic heterocycles. The molecule has 19 heavy (non-hydrogen) atoms. The predicted molar refractivity (Wildman–Crippen MR) is 67.9 cm³/mol. The lowest BCUT2D eigenvalue weighted by Gasteiger charge is -2.37. The van der Waals surface area contributed by atoms with Gasteiger partial charge in [0.2, 0.25) is 0 Å². The van der Waals surface area contributed by atoms with Crippen LogP contribution in [0.4, 0.5) is 4.79 Å². The fourth-order valence-corrected chi connectivity index (χ4v) is 2.08. The summed E-state index contributed by atoms with van der Waals surface area (Å²) in [6.07, 6.45) is -0.566. The van der Waals surface area contributed by atoms with Crippen molar-refractivity contribution in [2.24, 2.45) is 0 Å². The number of aliphatic hydroxyl groups is 1. The minimum atomic E-state index is -0.935. The van der Waals surface area contributed by atoms with E-state index >= 15 is 0 Å². The van der Waals surface area contributed by atoms with Crippen molar-refractivity contribution >= 4 is 12.0 Å². The summed E-state index contributed by atoms with van der Waals surface area (Å²) in [7, 11) is 0. The number of carbonyl (C=O) groups excluding carboxylic acids is 1. The van der Waals surface area contributed by atoms with Crippen LogP contribution in [-0.4, -0.2) is 77.0 Å². The zero-order valence-corrected chi connectivity index (χ0v) is 11.4. The number of morpholine rings is 1. The lowest BCUT2D eigenvalue weighted by molar-refractivity contribution is -0.141. The minimum absolute atomic E-state index is 0.0135. The van der Waals surface area contributed by atoms with E-state index < -0.39 is 12.1 Å².